The third-order valence-corrected chi connectivity index (χ3v) is 5.60. The van der Waals surface area contributed by atoms with E-state index < -0.39 is 0 Å². The van der Waals surface area contributed by atoms with Gasteiger partial charge in [-0.2, -0.15) is 0 Å². The zero-order valence-electron chi connectivity index (χ0n) is 16.5. The van der Waals surface area contributed by atoms with E-state index >= 15 is 0 Å². The molecule has 0 aliphatic heterocycles. The van der Waals surface area contributed by atoms with Crippen LogP contribution in [-0.2, 0) is 9.59 Å². The summed E-state index contributed by atoms with van der Waals surface area (Å²) in [6.07, 6.45) is 0. The average molecular weight is 444 g/mol. The molecule has 0 atom stereocenters. The molecule has 0 spiro atoms. The first-order chi connectivity index (χ1) is 14.5. The first-order valence-electron chi connectivity index (χ1n) is 9.16. The molecule has 3 rings (SSSR count). The van der Waals surface area contributed by atoms with E-state index in [1.54, 1.807) is 18.2 Å². The number of benzene rings is 2. The van der Waals surface area contributed by atoms with Gasteiger partial charge in [0.15, 0.2) is 4.34 Å². The lowest BCUT2D eigenvalue weighted by Gasteiger charge is -2.10. The molecule has 3 N–H and O–H groups in total. The van der Waals surface area contributed by atoms with Crippen LogP contribution in [0, 0.1) is 0 Å². The average Bonchev–Trinajstić information content (AvgIpc) is 3.15. The number of amides is 2. The van der Waals surface area contributed by atoms with Crippen molar-refractivity contribution in [3.05, 3.63) is 48.5 Å². The van der Waals surface area contributed by atoms with Gasteiger partial charge >= 0.3 is 0 Å². The number of ether oxygens (including phenoxy) is 1. The fraction of sp³-hybridized carbons (Fsp3) is 0.200. The third-order valence-electron chi connectivity index (χ3n) is 3.63. The van der Waals surface area contributed by atoms with Gasteiger partial charge in [-0.05, 0) is 37.3 Å². The normalized spacial score (nSPS) is 10.3. The number of anilines is 4. The van der Waals surface area contributed by atoms with Crippen LogP contribution in [-0.4, -0.2) is 34.4 Å². The highest BCUT2D eigenvalue weighted by Crippen LogP contribution is 2.29. The van der Waals surface area contributed by atoms with Crippen LogP contribution in [0.3, 0.4) is 0 Å². The number of nitrogens with zero attached hydrogens (tertiary/aromatic N) is 2. The lowest BCUT2D eigenvalue weighted by molar-refractivity contribution is -0.114. The molecule has 3 aromatic rings. The number of rotatable bonds is 9. The summed E-state index contributed by atoms with van der Waals surface area (Å²) in [7, 11) is 0. The van der Waals surface area contributed by atoms with E-state index in [-0.39, 0.29) is 17.6 Å². The Labute approximate surface area is 182 Å². The quantitative estimate of drug-likeness (QED) is 0.422. The van der Waals surface area contributed by atoms with Gasteiger partial charge in [0, 0.05) is 18.3 Å². The highest BCUT2D eigenvalue weighted by Gasteiger charge is 2.11. The molecule has 0 bridgehead atoms. The Morgan fingerprint density at radius 3 is 2.67 bits per heavy atom. The molecule has 0 fully saturated rings. The largest absolute Gasteiger partial charge is 0.492 e. The third kappa shape index (κ3) is 6.46. The smallest absolute Gasteiger partial charge is 0.234 e. The highest BCUT2D eigenvalue weighted by atomic mass is 32.2. The van der Waals surface area contributed by atoms with Crippen LogP contribution in [0.2, 0.25) is 0 Å². The summed E-state index contributed by atoms with van der Waals surface area (Å²) in [6, 6.07) is 14.6. The van der Waals surface area contributed by atoms with Crippen molar-refractivity contribution in [2.24, 2.45) is 0 Å². The molecule has 0 radical (unpaired) electrons. The first-order valence-corrected chi connectivity index (χ1v) is 11.0. The van der Waals surface area contributed by atoms with Gasteiger partial charge < -0.3 is 20.7 Å². The van der Waals surface area contributed by atoms with E-state index in [1.165, 1.54) is 30.0 Å². The molecule has 0 unspecified atom stereocenters. The van der Waals surface area contributed by atoms with Crippen molar-refractivity contribution in [2.75, 3.05) is 28.3 Å². The molecule has 0 saturated heterocycles. The molecular formula is C20H21N5O3S2. The topological polar surface area (TPSA) is 105 Å². The molecule has 156 valence electrons. The van der Waals surface area contributed by atoms with E-state index in [2.05, 4.69) is 26.1 Å². The van der Waals surface area contributed by atoms with E-state index in [9.17, 15) is 9.59 Å². The van der Waals surface area contributed by atoms with Gasteiger partial charge in [0.25, 0.3) is 0 Å². The fourth-order valence-electron chi connectivity index (χ4n) is 2.48. The van der Waals surface area contributed by atoms with Crippen LogP contribution in [0.25, 0.3) is 0 Å². The number of hydrogen-bond donors (Lipinski definition) is 3. The number of nitrogens with one attached hydrogen (secondary N) is 3. The second-order valence-corrected chi connectivity index (χ2v) is 8.23. The summed E-state index contributed by atoms with van der Waals surface area (Å²) in [6.45, 7) is 3.88. The van der Waals surface area contributed by atoms with Crippen molar-refractivity contribution in [3.63, 3.8) is 0 Å². The maximum atomic E-state index is 12.3. The Morgan fingerprint density at radius 2 is 1.87 bits per heavy atom. The lowest BCUT2D eigenvalue weighted by atomic mass is 10.3. The highest BCUT2D eigenvalue weighted by molar-refractivity contribution is 8.01. The first kappa shape index (κ1) is 21.6. The molecule has 30 heavy (non-hydrogen) atoms. The fourth-order valence-corrected chi connectivity index (χ4v) is 4.06. The maximum absolute atomic E-state index is 12.3. The molecule has 1 aromatic heterocycles. The van der Waals surface area contributed by atoms with Gasteiger partial charge in [0.05, 0.1) is 18.0 Å². The second kappa shape index (κ2) is 10.6. The SMILES string of the molecule is CCOc1ccccc1NC(=O)CSc1nnc(Nc2cccc(NC(C)=O)c2)s1. The lowest BCUT2D eigenvalue weighted by Crippen LogP contribution is -2.14. The number of para-hydroxylation sites is 2. The van der Waals surface area contributed by atoms with E-state index in [0.29, 0.717) is 33.2 Å². The predicted molar refractivity (Wildman–Crippen MR) is 121 cm³/mol. The van der Waals surface area contributed by atoms with Crippen molar-refractivity contribution >= 4 is 57.1 Å². The standard InChI is InChI=1S/C20H21N5O3S2/c1-3-28-17-10-5-4-9-16(17)23-18(27)12-29-20-25-24-19(30-20)22-15-8-6-7-14(11-15)21-13(2)26/h4-11H,3,12H2,1-2H3,(H,21,26)(H,22,24)(H,23,27). The molecule has 0 aliphatic rings. The van der Waals surface area contributed by atoms with Crippen molar-refractivity contribution in [1.82, 2.24) is 10.2 Å². The summed E-state index contributed by atoms with van der Waals surface area (Å²) < 4.78 is 6.19. The van der Waals surface area contributed by atoms with Gasteiger partial charge in [0.1, 0.15) is 5.75 Å². The Hall–Kier alpha value is -3.11. The maximum Gasteiger partial charge on any atom is 0.234 e. The Morgan fingerprint density at radius 1 is 1.07 bits per heavy atom. The molecule has 1 heterocycles. The molecular weight excluding hydrogens is 422 g/mol. The van der Waals surface area contributed by atoms with Gasteiger partial charge in [-0.1, -0.05) is 41.3 Å². The monoisotopic (exact) mass is 443 g/mol. The van der Waals surface area contributed by atoms with Crippen molar-refractivity contribution < 1.29 is 14.3 Å². The minimum absolute atomic E-state index is 0.135. The summed E-state index contributed by atoms with van der Waals surface area (Å²) in [5.74, 6) is 0.554. The molecule has 0 aliphatic carbocycles. The van der Waals surface area contributed by atoms with Gasteiger partial charge in [-0.3, -0.25) is 9.59 Å². The molecule has 0 saturated carbocycles. The number of hydrogen-bond acceptors (Lipinski definition) is 8. The van der Waals surface area contributed by atoms with E-state index in [0.717, 1.165) is 5.69 Å². The number of carbonyl (C=O) groups excluding carboxylic acids is 2. The van der Waals surface area contributed by atoms with Crippen LogP contribution in [0.1, 0.15) is 13.8 Å². The Bertz CT molecular complexity index is 1020. The summed E-state index contributed by atoms with van der Waals surface area (Å²) in [5.41, 5.74) is 2.11. The van der Waals surface area contributed by atoms with Crippen LogP contribution < -0.4 is 20.7 Å². The number of carbonyl (C=O) groups is 2. The number of aromatic nitrogens is 2. The Balaban J connectivity index is 1.53. The molecule has 10 heteroatoms. The minimum atomic E-state index is -0.153. The Kier molecular flexibility index (Phi) is 7.63. The molecule has 2 aromatic carbocycles. The predicted octanol–water partition coefficient (Wildman–Crippen LogP) is 4.37. The van der Waals surface area contributed by atoms with Gasteiger partial charge in [-0.25, -0.2) is 0 Å². The van der Waals surface area contributed by atoms with Crippen molar-refractivity contribution in [3.8, 4) is 5.75 Å². The van der Waals surface area contributed by atoms with Crippen LogP contribution >= 0.6 is 23.1 Å². The van der Waals surface area contributed by atoms with Crippen LogP contribution in [0.15, 0.2) is 52.9 Å². The summed E-state index contributed by atoms with van der Waals surface area (Å²) >= 11 is 2.65. The van der Waals surface area contributed by atoms with Crippen LogP contribution in [0.5, 0.6) is 5.75 Å². The zero-order chi connectivity index (χ0) is 21.3. The molecule has 8 nitrogen and oxygen atoms in total. The van der Waals surface area contributed by atoms with Crippen LogP contribution in [0.4, 0.5) is 22.2 Å². The summed E-state index contributed by atoms with van der Waals surface area (Å²) in [4.78, 5) is 23.5. The summed E-state index contributed by atoms with van der Waals surface area (Å²) in [5, 5.41) is 17.5. The second-order valence-electron chi connectivity index (χ2n) is 6.03. The molecule has 2 amide bonds. The van der Waals surface area contributed by atoms with E-state index in [4.69, 9.17) is 4.74 Å². The zero-order valence-corrected chi connectivity index (χ0v) is 18.1. The van der Waals surface area contributed by atoms with Gasteiger partial charge in [-0.15, -0.1) is 10.2 Å². The number of thioether (sulfide) groups is 1. The minimum Gasteiger partial charge on any atom is -0.492 e. The van der Waals surface area contributed by atoms with Crippen molar-refractivity contribution in [1.29, 1.82) is 0 Å². The van der Waals surface area contributed by atoms with Gasteiger partial charge in [0.2, 0.25) is 16.9 Å². The van der Waals surface area contributed by atoms with E-state index in [1.807, 2.05) is 37.3 Å². The van der Waals surface area contributed by atoms with Crippen molar-refractivity contribution in [2.45, 2.75) is 18.2 Å².